The minimum atomic E-state index is 0.0875. The van der Waals surface area contributed by atoms with Gasteiger partial charge in [0.25, 0.3) is 0 Å². The molecule has 1 aromatic rings. The van der Waals surface area contributed by atoms with Gasteiger partial charge in [0.15, 0.2) is 0 Å². The average Bonchev–Trinajstić information content (AvgIpc) is 2.37. The quantitative estimate of drug-likeness (QED) is 0.705. The lowest BCUT2D eigenvalue weighted by Gasteiger charge is -2.15. The van der Waals surface area contributed by atoms with Gasteiger partial charge < -0.3 is 10.6 Å². The maximum atomic E-state index is 11.6. The summed E-state index contributed by atoms with van der Waals surface area (Å²) in [5.41, 5.74) is 1.25. The van der Waals surface area contributed by atoms with Gasteiger partial charge in [0, 0.05) is 19.6 Å². The van der Waals surface area contributed by atoms with Crippen LogP contribution in [0.1, 0.15) is 5.56 Å². The molecule has 0 heterocycles. The smallest absolute Gasteiger partial charge is 0.234 e. The highest BCUT2D eigenvalue weighted by atomic mass is 16.2. The van der Waals surface area contributed by atoms with Crippen molar-refractivity contribution in [3.8, 4) is 0 Å². The summed E-state index contributed by atoms with van der Waals surface area (Å²) in [4.78, 5) is 13.6. The molecule has 0 spiro atoms. The zero-order valence-corrected chi connectivity index (χ0v) is 11.3. The number of hydrogen-bond acceptors (Lipinski definition) is 3. The van der Waals surface area contributed by atoms with Crippen LogP contribution in [0.2, 0.25) is 0 Å². The Morgan fingerprint density at radius 2 is 1.94 bits per heavy atom. The Hall–Kier alpha value is -1.39. The second kappa shape index (κ2) is 8.66. The molecule has 1 rings (SSSR count). The summed E-state index contributed by atoms with van der Waals surface area (Å²) in [6, 6.07) is 10.2. The van der Waals surface area contributed by atoms with Crippen LogP contribution in [0.25, 0.3) is 0 Å². The lowest BCUT2D eigenvalue weighted by Crippen LogP contribution is -2.38. The standard InChI is InChI=1S/C14H23N3O/c1-15-10-11-17(2)12-14(18)16-9-8-13-6-4-3-5-7-13/h3-7,15H,8-12H2,1-2H3,(H,16,18). The molecule has 4 nitrogen and oxygen atoms in total. The predicted molar refractivity (Wildman–Crippen MR) is 74.6 cm³/mol. The molecule has 0 aliphatic carbocycles. The minimum Gasteiger partial charge on any atom is -0.355 e. The van der Waals surface area contributed by atoms with Crippen molar-refractivity contribution in [2.45, 2.75) is 6.42 Å². The lowest BCUT2D eigenvalue weighted by molar-refractivity contribution is -0.121. The van der Waals surface area contributed by atoms with Gasteiger partial charge in [0.1, 0.15) is 0 Å². The van der Waals surface area contributed by atoms with Crippen molar-refractivity contribution in [2.75, 3.05) is 40.3 Å². The van der Waals surface area contributed by atoms with Gasteiger partial charge in [-0.05, 0) is 26.1 Å². The highest BCUT2D eigenvalue weighted by Gasteiger charge is 2.04. The first-order valence-electron chi connectivity index (χ1n) is 6.36. The van der Waals surface area contributed by atoms with E-state index in [0.29, 0.717) is 13.1 Å². The van der Waals surface area contributed by atoms with Crippen LogP contribution in [0.5, 0.6) is 0 Å². The van der Waals surface area contributed by atoms with E-state index in [4.69, 9.17) is 0 Å². The first-order valence-corrected chi connectivity index (χ1v) is 6.36. The highest BCUT2D eigenvalue weighted by molar-refractivity contribution is 5.77. The Labute approximate surface area is 109 Å². The number of hydrogen-bond donors (Lipinski definition) is 2. The van der Waals surface area contributed by atoms with Gasteiger partial charge >= 0.3 is 0 Å². The van der Waals surface area contributed by atoms with Crippen molar-refractivity contribution in [1.82, 2.24) is 15.5 Å². The first kappa shape index (κ1) is 14.7. The van der Waals surface area contributed by atoms with Crippen molar-refractivity contribution in [2.24, 2.45) is 0 Å². The fraction of sp³-hybridized carbons (Fsp3) is 0.500. The van der Waals surface area contributed by atoms with Gasteiger partial charge in [-0.25, -0.2) is 0 Å². The molecule has 0 aliphatic rings. The summed E-state index contributed by atoms with van der Waals surface area (Å²) >= 11 is 0. The monoisotopic (exact) mass is 249 g/mol. The zero-order valence-electron chi connectivity index (χ0n) is 11.3. The Morgan fingerprint density at radius 1 is 1.22 bits per heavy atom. The van der Waals surface area contributed by atoms with Crippen molar-refractivity contribution in [3.63, 3.8) is 0 Å². The van der Waals surface area contributed by atoms with Gasteiger partial charge in [0.2, 0.25) is 5.91 Å². The number of amides is 1. The molecule has 0 aromatic heterocycles. The van der Waals surface area contributed by atoms with Crippen LogP contribution in [0.4, 0.5) is 0 Å². The van der Waals surface area contributed by atoms with Gasteiger partial charge in [-0.15, -0.1) is 0 Å². The summed E-state index contributed by atoms with van der Waals surface area (Å²) in [6.07, 6.45) is 0.882. The van der Waals surface area contributed by atoms with E-state index in [2.05, 4.69) is 22.8 Å². The molecular weight excluding hydrogens is 226 g/mol. The van der Waals surface area contributed by atoms with E-state index >= 15 is 0 Å². The average molecular weight is 249 g/mol. The number of carbonyl (C=O) groups is 1. The fourth-order valence-electron chi connectivity index (χ4n) is 1.67. The molecule has 0 fully saturated rings. The van der Waals surface area contributed by atoms with Crippen LogP contribution in [-0.2, 0) is 11.2 Å². The third-order valence-corrected chi connectivity index (χ3v) is 2.74. The Kier molecular flexibility index (Phi) is 7.06. The maximum absolute atomic E-state index is 11.6. The fourth-order valence-corrected chi connectivity index (χ4v) is 1.67. The molecule has 0 atom stereocenters. The molecule has 1 amide bonds. The topological polar surface area (TPSA) is 44.4 Å². The highest BCUT2D eigenvalue weighted by Crippen LogP contribution is 1.97. The summed E-state index contributed by atoms with van der Waals surface area (Å²) in [5.74, 6) is 0.0875. The molecule has 100 valence electrons. The Bertz CT molecular complexity index is 340. The molecular formula is C14H23N3O. The molecule has 0 radical (unpaired) electrons. The second-order valence-electron chi connectivity index (χ2n) is 4.43. The van der Waals surface area contributed by atoms with Crippen LogP contribution >= 0.6 is 0 Å². The molecule has 18 heavy (non-hydrogen) atoms. The van der Waals surface area contributed by atoms with Crippen LogP contribution in [0.15, 0.2) is 30.3 Å². The number of rotatable bonds is 8. The molecule has 0 unspecified atom stereocenters. The summed E-state index contributed by atoms with van der Waals surface area (Å²) in [6.45, 7) is 2.93. The van der Waals surface area contributed by atoms with Gasteiger partial charge in [-0.3, -0.25) is 9.69 Å². The van der Waals surface area contributed by atoms with Crippen molar-refractivity contribution in [1.29, 1.82) is 0 Å². The van der Waals surface area contributed by atoms with Gasteiger partial charge in [-0.1, -0.05) is 30.3 Å². The SMILES string of the molecule is CNCCN(C)CC(=O)NCCc1ccccc1. The van der Waals surface area contributed by atoms with Crippen LogP contribution in [-0.4, -0.2) is 51.1 Å². The molecule has 0 aliphatic heterocycles. The Morgan fingerprint density at radius 3 is 2.61 bits per heavy atom. The summed E-state index contributed by atoms with van der Waals surface area (Å²) < 4.78 is 0. The van der Waals surface area contributed by atoms with Gasteiger partial charge in [-0.2, -0.15) is 0 Å². The zero-order chi connectivity index (χ0) is 13.2. The number of carbonyl (C=O) groups excluding carboxylic acids is 1. The third-order valence-electron chi connectivity index (χ3n) is 2.74. The van der Waals surface area contributed by atoms with E-state index in [-0.39, 0.29) is 5.91 Å². The van der Waals surface area contributed by atoms with E-state index in [1.807, 2.05) is 37.2 Å². The largest absolute Gasteiger partial charge is 0.355 e. The second-order valence-corrected chi connectivity index (χ2v) is 4.43. The summed E-state index contributed by atoms with van der Waals surface area (Å²) in [5, 5.41) is 6.00. The number of benzene rings is 1. The predicted octanol–water partition coefficient (Wildman–Crippen LogP) is 0.497. The van der Waals surface area contributed by atoms with E-state index in [1.165, 1.54) is 5.56 Å². The normalized spacial score (nSPS) is 10.6. The third kappa shape index (κ3) is 6.37. The van der Waals surface area contributed by atoms with E-state index in [1.54, 1.807) is 0 Å². The molecule has 0 saturated heterocycles. The summed E-state index contributed by atoms with van der Waals surface area (Å²) in [7, 11) is 3.86. The van der Waals surface area contributed by atoms with Gasteiger partial charge in [0.05, 0.1) is 6.54 Å². The van der Waals surface area contributed by atoms with E-state index < -0.39 is 0 Å². The molecule has 0 saturated carbocycles. The van der Waals surface area contributed by atoms with Crippen molar-refractivity contribution < 1.29 is 4.79 Å². The van der Waals surface area contributed by atoms with Crippen LogP contribution in [0, 0.1) is 0 Å². The van der Waals surface area contributed by atoms with E-state index in [9.17, 15) is 4.79 Å². The Balaban J connectivity index is 2.13. The van der Waals surface area contributed by atoms with Crippen LogP contribution < -0.4 is 10.6 Å². The number of likely N-dealkylation sites (N-methyl/N-ethyl adjacent to an activating group) is 2. The number of nitrogens with one attached hydrogen (secondary N) is 2. The van der Waals surface area contributed by atoms with Crippen molar-refractivity contribution in [3.05, 3.63) is 35.9 Å². The number of nitrogens with zero attached hydrogens (tertiary/aromatic N) is 1. The molecule has 4 heteroatoms. The van der Waals surface area contributed by atoms with Crippen LogP contribution in [0.3, 0.4) is 0 Å². The van der Waals surface area contributed by atoms with Crippen molar-refractivity contribution >= 4 is 5.91 Å². The maximum Gasteiger partial charge on any atom is 0.234 e. The molecule has 0 bridgehead atoms. The lowest BCUT2D eigenvalue weighted by atomic mass is 10.1. The van der Waals surface area contributed by atoms with E-state index in [0.717, 1.165) is 19.5 Å². The molecule has 2 N–H and O–H groups in total. The first-order chi connectivity index (χ1) is 8.72. The minimum absolute atomic E-state index is 0.0875. The molecule has 1 aromatic carbocycles.